The van der Waals surface area contributed by atoms with Crippen LogP contribution in [0.4, 0.5) is 0 Å². The third kappa shape index (κ3) is 10.3. The number of primary amides is 1. The van der Waals surface area contributed by atoms with Gasteiger partial charge in [0.15, 0.2) is 0 Å². The van der Waals surface area contributed by atoms with Crippen molar-refractivity contribution in [1.29, 1.82) is 0 Å². The van der Waals surface area contributed by atoms with Crippen molar-refractivity contribution in [2.45, 2.75) is 130 Å². The first-order valence-corrected chi connectivity index (χ1v) is 17.5. The number of nitrogens with zero attached hydrogens (tertiary/aromatic N) is 3. The Labute approximate surface area is 284 Å². The monoisotopic (exact) mass is 669 g/mol. The van der Waals surface area contributed by atoms with Crippen LogP contribution >= 0.6 is 0 Å². The van der Waals surface area contributed by atoms with Crippen LogP contribution < -0.4 is 21.7 Å². The third-order valence-electron chi connectivity index (χ3n) is 9.46. The predicted octanol–water partition coefficient (Wildman–Crippen LogP) is 2.68. The largest absolute Gasteiger partial charge is 0.363 e. The van der Waals surface area contributed by atoms with Gasteiger partial charge in [0.05, 0.1) is 12.2 Å². The Balaban J connectivity index is 1.91. The van der Waals surface area contributed by atoms with Crippen LogP contribution in [0.3, 0.4) is 0 Å². The number of hydrogen-bond donors (Lipinski definition) is 4. The molecule has 1 aliphatic heterocycles. The van der Waals surface area contributed by atoms with Crippen molar-refractivity contribution in [3.63, 3.8) is 0 Å². The van der Waals surface area contributed by atoms with Gasteiger partial charge < -0.3 is 26.6 Å². The van der Waals surface area contributed by atoms with E-state index in [9.17, 15) is 28.8 Å². The Morgan fingerprint density at radius 1 is 0.979 bits per heavy atom. The fourth-order valence-corrected chi connectivity index (χ4v) is 6.96. The van der Waals surface area contributed by atoms with Crippen molar-refractivity contribution in [2.75, 3.05) is 6.54 Å². The van der Waals surface area contributed by atoms with E-state index >= 15 is 0 Å². The average molecular weight is 670 g/mol. The number of hydrogen-bond acceptors (Lipinski definition) is 8. The molecule has 48 heavy (non-hydrogen) atoms. The zero-order valence-corrected chi connectivity index (χ0v) is 29.4. The van der Waals surface area contributed by atoms with E-state index < -0.39 is 64.9 Å². The SMILES string of the molecule is CCCCC(NC(=O)[C@@H]1[C@@H](CC(C)C)CCN1C(=O)[C@@H](NC(=O)[C@@H](NC(=O)c1cnccn1)C1CCCCC1)C(C)(C)C)C(=O)C(N)=O. The maximum Gasteiger partial charge on any atom is 0.287 e. The number of amides is 5. The second-order valence-electron chi connectivity index (χ2n) is 14.8. The molecule has 2 fully saturated rings. The lowest BCUT2D eigenvalue weighted by Crippen LogP contribution is -2.62. The minimum absolute atomic E-state index is 0.0868. The predicted molar refractivity (Wildman–Crippen MR) is 180 cm³/mol. The highest BCUT2D eigenvalue weighted by atomic mass is 16.2. The molecule has 2 aliphatic rings. The fraction of sp³-hybridized carbons (Fsp3) is 0.714. The van der Waals surface area contributed by atoms with E-state index in [1.54, 1.807) is 0 Å². The molecule has 0 aromatic carbocycles. The quantitative estimate of drug-likeness (QED) is 0.205. The molecular weight excluding hydrogens is 614 g/mol. The summed E-state index contributed by atoms with van der Waals surface area (Å²) in [7, 11) is 0. The van der Waals surface area contributed by atoms with Gasteiger partial charge in [-0.25, -0.2) is 4.98 Å². The van der Waals surface area contributed by atoms with Crippen LogP contribution in [0.2, 0.25) is 0 Å². The lowest BCUT2D eigenvalue weighted by molar-refractivity contribution is -0.146. The van der Waals surface area contributed by atoms with Gasteiger partial charge in [-0.3, -0.25) is 33.8 Å². The number of likely N-dealkylation sites (tertiary alicyclic amines) is 1. The lowest BCUT2D eigenvalue weighted by atomic mass is 9.82. The fourth-order valence-electron chi connectivity index (χ4n) is 6.96. The van der Waals surface area contributed by atoms with Crippen LogP contribution in [0, 0.1) is 23.2 Å². The van der Waals surface area contributed by atoms with Crippen LogP contribution in [0.25, 0.3) is 0 Å². The molecule has 1 saturated heterocycles. The van der Waals surface area contributed by atoms with E-state index in [0.717, 1.165) is 38.5 Å². The Bertz CT molecular complexity index is 1290. The van der Waals surface area contributed by atoms with E-state index in [-0.39, 0.29) is 36.4 Å². The summed E-state index contributed by atoms with van der Waals surface area (Å²) in [6, 6.07) is -3.92. The molecule has 1 unspecified atom stereocenters. The van der Waals surface area contributed by atoms with E-state index in [2.05, 4.69) is 25.9 Å². The van der Waals surface area contributed by atoms with Crippen LogP contribution in [-0.2, 0) is 24.0 Å². The number of aromatic nitrogens is 2. The van der Waals surface area contributed by atoms with Crippen molar-refractivity contribution in [3.8, 4) is 0 Å². The molecule has 1 aromatic rings. The van der Waals surface area contributed by atoms with Crippen molar-refractivity contribution >= 4 is 35.3 Å². The van der Waals surface area contributed by atoms with Crippen molar-refractivity contribution < 1.29 is 28.8 Å². The zero-order chi connectivity index (χ0) is 35.6. The van der Waals surface area contributed by atoms with Gasteiger partial charge >= 0.3 is 0 Å². The summed E-state index contributed by atoms with van der Waals surface area (Å²) < 4.78 is 0. The molecular formula is C35H55N7O6. The highest BCUT2D eigenvalue weighted by molar-refractivity contribution is 6.37. The Hall–Kier alpha value is -3.90. The van der Waals surface area contributed by atoms with Crippen LogP contribution in [0.5, 0.6) is 0 Å². The Kier molecular flexibility index (Phi) is 14.0. The van der Waals surface area contributed by atoms with E-state index in [0.29, 0.717) is 19.3 Å². The second-order valence-corrected chi connectivity index (χ2v) is 14.8. The van der Waals surface area contributed by atoms with Gasteiger partial charge in [-0.1, -0.05) is 73.6 Å². The molecule has 0 bridgehead atoms. The zero-order valence-electron chi connectivity index (χ0n) is 29.4. The molecule has 0 radical (unpaired) electrons. The lowest BCUT2D eigenvalue weighted by Gasteiger charge is -2.38. The molecule has 13 nitrogen and oxygen atoms in total. The highest BCUT2D eigenvalue weighted by Crippen LogP contribution is 2.34. The summed E-state index contributed by atoms with van der Waals surface area (Å²) in [6.07, 6.45) is 11.4. The number of carbonyl (C=O) groups excluding carboxylic acids is 6. The summed E-state index contributed by atoms with van der Waals surface area (Å²) in [5, 5.41) is 8.60. The molecule has 1 aromatic heterocycles. The van der Waals surface area contributed by atoms with Crippen molar-refractivity contribution in [3.05, 3.63) is 24.3 Å². The molecule has 1 aliphatic carbocycles. The first-order chi connectivity index (χ1) is 22.6. The van der Waals surface area contributed by atoms with E-state index in [4.69, 9.17) is 5.73 Å². The maximum absolute atomic E-state index is 14.5. The summed E-state index contributed by atoms with van der Waals surface area (Å²) in [5.41, 5.74) is 4.63. The standard InChI is InChI=1S/C35H55N7O6/c1-7-8-14-24(28(43)30(36)44)39-33(47)27-23(19-21(2)3)15-18-42(27)34(48)29(35(4,5)6)41-32(46)26(22-12-10-9-11-13-22)40-31(45)25-20-37-16-17-38-25/h16-17,20-24,26-27,29H,7-15,18-19H2,1-6H3,(H2,36,44)(H,39,47)(H,40,45)(H,41,46)/t23-,24?,26+,27+,29-/m1/s1. The van der Waals surface area contributed by atoms with Gasteiger partial charge in [0, 0.05) is 18.9 Å². The first-order valence-electron chi connectivity index (χ1n) is 17.5. The van der Waals surface area contributed by atoms with Crippen molar-refractivity contribution in [1.82, 2.24) is 30.8 Å². The van der Waals surface area contributed by atoms with Gasteiger partial charge in [-0.2, -0.15) is 0 Å². The van der Waals surface area contributed by atoms with Gasteiger partial charge in [-0.05, 0) is 55.3 Å². The summed E-state index contributed by atoms with van der Waals surface area (Å²) >= 11 is 0. The van der Waals surface area contributed by atoms with Crippen LogP contribution in [0.1, 0.15) is 116 Å². The third-order valence-corrected chi connectivity index (χ3v) is 9.46. The van der Waals surface area contributed by atoms with Crippen LogP contribution in [-0.4, -0.2) is 80.9 Å². The highest BCUT2D eigenvalue weighted by Gasteiger charge is 2.47. The molecule has 5 amide bonds. The second kappa shape index (κ2) is 17.5. The molecule has 13 heteroatoms. The van der Waals surface area contributed by atoms with Gasteiger partial charge in [-0.15, -0.1) is 0 Å². The normalized spacial score (nSPS) is 20.4. The number of carbonyl (C=O) groups is 6. The number of nitrogens with two attached hydrogens (primary N) is 1. The summed E-state index contributed by atoms with van der Waals surface area (Å²) in [5.74, 6) is -4.01. The molecule has 2 heterocycles. The molecule has 266 valence electrons. The van der Waals surface area contributed by atoms with Gasteiger partial charge in [0.2, 0.25) is 23.5 Å². The number of nitrogens with one attached hydrogen (secondary N) is 3. The van der Waals surface area contributed by atoms with Gasteiger partial charge in [0.1, 0.15) is 23.8 Å². The van der Waals surface area contributed by atoms with E-state index in [1.165, 1.54) is 23.5 Å². The smallest absolute Gasteiger partial charge is 0.287 e. The number of rotatable bonds is 15. The number of ketones is 1. The maximum atomic E-state index is 14.5. The Morgan fingerprint density at radius 3 is 2.23 bits per heavy atom. The number of Topliss-reactive ketones (excluding diaryl/α,β-unsaturated/α-hetero) is 1. The molecule has 1 saturated carbocycles. The molecule has 3 rings (SSSR count). The minimum Gasteiger partial charge on any atom is -0.363 e. The van der Waals surface area contributed by atoms with Crippen molar-refractivity contribution in [2.24, 2.45) is 28.9 Å². The molecule has 5 atom stereocenters. The van der Waals surface area contributed by atoms with Gasteiger partial charge in [0.25, 0.3) is 11.8 Å². The molecule has 5 N–H and O–H groups in total. The Morgan fingerprint density at radius 2 is 1.67 bits per heavy atom. The molecule has 0 spiro atoms. The number of unbranched alkanes of at least 4 members (excludes halogenated alkanes) is 1. The minimum atomic E-state index is -1.12. The van der Waals surface area contributed by atoms with E-state index in [1.807, 2.05) is 41.5 Å². The van der Waals surface area contributed by atoms with Crippen LogP contribution in [0.15, 0.2) is 18.6 Å². The summed E-state index contributed by atoms with van der Waals surface area (Å²) in [6.45, 7) is 11.8. The average Bonchev–Trinajstić information content (AvgIpc) is 3.46. The topological polar surface area (TPSA) is 194 Å². The summed E-state index contributed by atoms with van der Waals surface area (Å²) in [4.78, 5) is 89.7. The first kappa shape index (κ1) is 38.5.